The topological polar surface area (TPSA) is 53.5 Å². The minimum atomic E-state index is 0.0447. The third kappa shape index (κ3) is 3.70. The number of thioether (sulfide) groups is 1. The molecule has 2 N–H and O–H groups in total. The van der Waals surface area contributed by atoms with E-state index < -0.39 is 0 Å². The van der Waals surface area contributed by atoms with E-state index in [1.54, 1.807) is 11.8 Å². The van der Waals surface area contributed by atoms with Gasteiger partial charge in [0.05, 0.1) is 0 Å². The zero-order valence-corrected chi connectivity index (χ0v) is 10.6. The van der Waals surface area contributed by atoms with Crippen LogP contribution in [0.2, 0.25) is 0 Å². The van der Waals surface area contributed by atoms with Crippen LogP contribution in [0.5, 0.6) is 0 Å². The Kier molecular flexibility index (Phi) is 3.74. The van der Waals surface area contributed by atoms with E-state index >= 15 is 0 Å². The second-order valence-electron chi connectivity index (χ2n) is 4.67. The first-order chi connectivity index (χ1) is 7.63. The fraction of sp³-hybridized carbons (Fsp3) is 0.818. The lowest BCUT2D eigenvalue weighted by Crippen LogP contribution is -2.39. The number of nitrogens with one attached hydrogen (secondary N) is 2. The average molecular weight is 241 g/mol. The van der Waals surface area contributed by atoms with Gasteiger partial charge in [0.25, 0.3) is 0 Å². The van der Waals surface area contributed by atoms with Crippen LogP contribution >= 0.6 is 11.8 Å². The van der Waals surface area contributed by atoms with Crippen LogP contribution in [0.4, 0.5) is 0 Å². The summed E-state index contributed by atoms with van der Waals surface area (Å²) in [4.78, 5) is 15.8. The maximum absolute atomic E-state index is 11.4. The Morgan fingerprint density at radius 1 is 1.56 bits per heavy atom. The number of hydrogen-bond donors (Lipinski definition) is 2. The lowest BCUT2D eigenvalue weighted by Gasteiger charge is -2.26. The quantitative estimate of drug-likeness (QED) is 0.778. The van der Waals surface area contributed by atoms with E-state index in [9.17, 15) is 4.79 Å². The largest absolute Gasteiger partial charge is 0.362 e. The van der Waals surface area contributed by atoms with E-state index in [0.717, 1.165) is 24.4 Å². The molecule has 0 radical (unpaired) electrons. The maximum atomic E-state index is 11.4. The monoisotopic (exact) mass is 241 g/mol. The van der Waals surface area contributed by atoms with Crippen molar-refractivity contribution in [1.82, 2.24) is 10.6 Å². The van der Waals surface area contributed by atoms with Crippen LogP contribution in [0.25, 0.3) is 0 Å². The third-order valence-corrected chi connectivity index (χ3v) is 3.74. The van der Waals surface area contributed by atoms with Crippen molar-refractivity contribution in [3.63, 3.8) is 0 Å². The molecule has 0 aromatic carbocycles. The highest BCUT2D eigenvalue weighted by atomic mass is 32.2. The third-order valence-electron chi connectivity index (χ3n) is 2.68. The Morgan fingerprint density at radius 3 is 2.94 bits per heavy atom. The standard InChI is InChI=1S/C11H19N3OS/c1-7-5-8(2)16-11(13-7)12-6-10(15)14-9-3-4-9/h7-9H,3-6H2,1-2H3,(H,12,13)(H,14,15). The molecule has 1 aliphatic carbocycles. The molecule has 1 heterocycles. The van der Waals surface area contributed by atoms with Gasteiger partial charge >= 0.3 is 0 Å². The summed E-state index contributed by atoms with van der Waals surface area (Å²) in [5, 5.41) is 7.74. The highest BCUT2D eigenvalue weighted by molar-refractivity contribution is 8.14. The van der Waals surface area contributed by atoms with Gasteiger partial charge in [-0.1, -0.05) is 18.7 Å². The van der Waals surface area contributed by atoms with E-state index in [4.69, 9.17) is 0 Å². The van der Waals surface area contributed by atoms with Crippen molar-refractivity contribution < 1.29 is 4.79 Å². The zero-order valence-electron chi connectivity index (χ0n) is 9.82. The van der Waals surface area contributed by atoms with Crippen LogP contribution in [0, 0.1) is 0 Å². The Balaban J connectivity index is 1.78. The molecule has 0 spiro atoms. The van der Waals surface area contributed by atoms with Gasteiger partial charge in [-0.25, -0.2) is 0 Å². The van der Waals surface area contributed by atoms with E-state index in [-0.39, 0.29) is 12.5 Å². The summed E-state index contributed by atoms with van der Waals surface area (Å²) in [6.45, 7) is 4.60. The lowest BCUT2D eigenvalue weighted by molar-refractivity contribution is -0.119. The first-order valence-electron chi connectivity index (χ1n) is 5.90. The molecule has 1 amide bonds. The number of nitrogens with zero attached hydrogens (tertiary/aromatic N) is 1. The molecule has 2 aliphatic rings. The minimum absolute atomic E-state index is 0.0447. The normalized spacial score (nSPS) is 32.2. The Morgan fingerprint density at radius 2 is 2.31 bits per heavy atom. The van der Waals surface area contributed by atoms with E-state index in [1.807, 2.05) is 0 Å². The van der Waals surface area contributed by atoms with Gasteiger partial charge in [0.2, 0.25) is 5.91 Å². The average Bonchev–Trinajstić information content (AvgIpc) is 2.97. The summed E-state index contributed by atoms with van der Waals surface area (Å²) in [5.74, 6) is 0.0447. The lowest BCUT2D eigenvalue weighted by atomic mass is 10.2. The van der Waals surface area contributed by atoms with E-state index in [1.165, 1.54) is 0 Å². The predicted molar refractivity (Wildman–Crippen MR) is 67.7 cm³/mol. The number of amides is 1. The van der Waals surface area contributed by atoms with Crippen LogP contribution in [0.3, 0.4) is 0 Å². The molecule has 16 heavy (non-hydrogen) atoms. The molecule has 2 atom stereocenters. The van der Waals surface area contributed by atoms with E-state index in [2.05, 4.69) is 29.5 Å². The predicted octanol–water partition coefficient (Wildman–Crippen LogP) is 1.12. The van der Waals surface area contributed by atoms with Crippen LogP contribution in [0.15, 0.2) is 4.99 Å². The van der Waals surface area contributed by atoms with Crippen LogP contribution in [0.1, 0.15) is 33.1 Å². The molecule has 2 rings (SSSR count). The van der Waals surface area contributed by atoms with Crippen molar-refractivity contribution in [3.8, 4) is 0 Å². The van der Waals surface area contributed by atoms with Crippen LogP contribution in [-0.2, 0) is 4.79 Å². The summed E-state index contributed by atoms with van der Waals surface area (Å²) < 4.78 is 0. The summed E-state index contributed by atoms with van der Waals surface area (Å²) in [7, 11) is 0. The first kappa shape index (κ1) is 11.8. The maximum Gasteiger partial charge on any atom is 0.241 e. The van der Waals surface area contributed by atoms with Crippen molar-refractivity contribution in [3.05, 3.63) is 0 Å². The minimum Gasteiger partial charge on any atom is -0.362 e. The first-order valence-corrected chi connectivity index (χ1v) is 6.78. The van der Waals surface area contributed by atoms with Crippen molar-refractivity contribution in [1.29, 1.82) is 0 Å². The van der Waals surface area contributed by atoms with Gasteiger partial charge in [0, 0.05) is 17.3 Å². The van der Waals surface area contributed by atoms with Crippen molar-refractivity contribution >= 4 is 22.8 Å². The molecule has 1 aliphatic heterocycles. The molecule has 1 saturated heterocycles. The number of aliphatic imine (C=N–C) groups is 1. The summed E-state index contributed by atoms with van der Waals surface area (Å²) in [6.07, 6.45) is 3.41. The smallest absolute Gasteiger partial charge is 0.241 e. The number of hydrogen-bond acceptors (Lipinski definition) is 3. The molecule has 2 fully saturated rings. The Hall–Kier alpha value is -0.710. The van der Waals surface area contributed by atoms with E-state index in [0.29, 0.717) is 17.3 Å². The number of rotatable bonds is 3. The summed E-state index contributed by atoms with van der Waals surface area (Å²) in [6, 6.07) is 0.888. The fourth-order valence-electron chi connectivity index (χ4n) is 1.77. The molecule has 90 valence electrons. The Labute approximate surface area is 101 Å². The van der Waals surface area contributed by atoms with Gasteiger partial charge in [-0.15, -0.1) is 0 Å². The molecule has 5 heteroatoms. The molecule has 0 aromatic rings. The van der Waals surface area contributed by atoms with Crippen LogP contribution in [-0.4, -0.2) is 35.0 Å². The van der Waals surface area contributed by atoms with Crippen molar-refractivity contribution in [2.24, 2.45) is 4.99 Å². The van der Waals surface area contributed by atoms with Gasteiger partial charge in [-0.05, 0) is 26.2 Å². The highest BCUT2D eigenvalue weighted by Crippen LogP contribution is 2.22. The van der Waals surface area contributed by atoms with Gasteiger partial charge in [0.1, 0.15) is 6.54 Å². The highest BCUT2D eigenvalue weighted by Gasteiger charge is 2.23. The summed E-state index contributed by atoms with van der Waals surface area (Å²) >= 11 is 1.73. The molecular formula is C11H19N3OS. The second-order valence-corrected chi connectivity index (χ2v) is 6.10. The van der Waals surface area contributed by atoms with Gasteiger partial charge < -0.3 is 10.6 Å². The molecule has 1 saturated carbocycles. The van der Waals surface area contributed by atoms with Gasteiger partial charge in [-0.3, -0.25) is 9.79 Å². The fourth-order valence-corrected chi connectivity index (χ4v) is 2.94. The Bertz CT molecular complexity index is 290. The number of amidine groups is 1. The molecular weight excluding hydrogens is 222 g/mol. The number of carbonyl (C=O) groups is 1. The zero-order chi connectivity index (χ0) is 11.5. The molecule has 2 unspecified atom stereocenters. The molecule has 4 nitrogen and oxygen atoms in total. The second kappa shape index (κ2) is 5.08. The molecule has 0 bridgehead atoms. The van der Waals surface area contributed by atoms with Crippen molar-refractivity contribution in [2.45, 2.75) is 50.4 Å². The van der Waals surface area contributed by atoms with Crippen LogP contribution < -0.4 is 10.6 Å². The van der Waals surface area contributed by atoms with Gasteiger partial charge in [0.15, 0.2) is 5.17 Å². The van der Waals surface area contributed by atoms with Crippen molar-refractivity contribution in [2.75, 3.05) is 6.54 Å². The SMILES string of the molecule is CC1CC(C)SC(=NCC(=O)NC2CC2)N1. The van der Waals surface area contributed by atoms with Gasteiger partial charge in [-0.2, -0.15) is 0 Å². The number of carbonyl (C=O) groups excluding carboxylic acids is 1. The summed E-state index contributed by atoms with van der Waals surface area (Å²) in [5.41, 5.74) is 0. The molecule has 0 aromatic heterocycles.